The second kappa shape index (κ2) is 9.79. The molecular formula is C26H23FN2O3S2. The molecule has 0 unspecified atom stereocenters. The maximum Gasteiger partial charge on any atom is 0.266 e. The van der Waals surface area contributed by atoms with Crippen LogP contribution in [-0.2, 0) is 16.6 Å². The Balaban J connectivity index is 1.76. The average Bonchev–Trinajstić information content (AvgIpc) is 3.30. The predicted molar refractivity (Wildman–Crippen MR) is 134 cm³/mol. The molecule has 8 heteroatoms. The Hall–Kier alpha value is -3.49. The Morgan fingerprint density at radius 3 is 2.38 bits per heavy atom. The molecule has 0 radical (unpaired) electrons. The van der Waals surface area contributed by atoms with Crippen LogP contribution in [-0.4, -0.2) is 21.4 Å². The molecule has 0 aliphatic carbocycles. The van der Waals surface area contributed by atoms with Gasteiger partial charge in [0.2, 0.25) is 0 Å². The molecule has 0 saturated carbocycles. The first-order valence-electron chi connectivity index (χ1n) is 10.5. The zero-order valence-electron chi connectivity index (χ0n) is 18.7. The number of sulfonamides is 1. The van der Waals surface area contributed by atoms with Gasteiger partial charge in [0.25, 0.3) is 15.9 Å². The van der Waals surface area contributed by atoms with Gasteiger partial charge in [-0.05, 0) is 42.3 Å². The van der Waals surface area contributed by atoms with Crippen molar-refractivity contribution in [2.45, 2.75) is 18.4 Å². The predicted octanol–water partition coefficient (Wildman–Crippen LogP) is 5.62. The summed E-state index contributed by atoms with van der Waals surface area (Å²) in [5, 5.41) is 4.40. The molecule has 0 saturated heterocycles. The molecule has 174 valence electrons. The molecule has 1 amide bonds. The summed E-state index contributed by atoms with van der Waals surface area (Å²) in [7, 11) is -2.71. The summed E-state index contributed by atoms with van der Waals surface area (Å²) in [6, 6.07) is 22.0. The van der Waals surface area contributed by atoms with Crippen LogP contribution in [0.1, 0.15) is 20.8 Å². The number of hydrogen-bond donors (Lipinski definition) is 1. The van der Waals surface area contributed by atoms with Gasteiger partial charge in [-0.2, -0.15) is 0 Å². The van der Waals surface area contributed by atoms with E-state index in [0.29, 0.717) is 11.3 Å². The molecule has 0 fully saturated rings. The van der Waals surface area contributed by atoms with E-state index < -0.39 is 21.7 Å². The van der Waals surface area contributed by atoms with Gasteiger partial charge in [-0.3, -0.25) is 9.10 Å². The van der Waals surface area contributed by atoms with Gasteiger partial charge < -0.3 is 5.32 Å². The molecule has 0 aliphatic heterocycles. The Morgan fingerprint density at radius 2 is 1.71 bits per heavy atom. The fourth-order valence-corrected chi connectivity index (χ4v) is 6.37. The number of carbonyl (C=O) groups is 1. The summed E-state index contributed by atoms with van der Waals surface area (Å²) >= 11 is 1.02. The van der Waals surface area contributed by atoms with Crippen LogP contribution < -0.4 is 9.62 Å². The number of amides is 1. The number of carbonyl (C=O) groups excluding carboxylic acids is 1. The summed E-state index contributed by atoms with van der Waals surface area (Å²) in [6.07, 6.45) is 0. The number of benzene rings is 3. The smallest absolute Gasteiger partial charge is 0.266 e. The molecule has 4 aromatic rings. The molecule has 1 aromatic heterocycles. The van der Waals surface area contributed by atoms with E-state index >= 15 is 0 Å². The van der Waals surface area contributed by atoms with Crippen LogP contribution in [0.2, 0.25) is 0 Å². The van der Waals surface area contributed by atoms with E-state index in [1.165, 1.54) is 25.2 Å². The van der Waals surface area contributed by atoms with Crippen LogP contribution in [0.3, 0.4) is 0 Å². The summed E-state index contributed by atoms with van der Waals surface area (Å²) in [4.78, 5) is 13.1. The standard InChI is InChI=1S/C26H23FN2O3S2/c1-18-11-13-19(14-12-18)16-28-26(30)24-25(23(17-33-24)20-7-6-8-21(27)15-20)34(31,32)29(2)22-9-4-3-5-10-22/h3-15,17H,16H2,1-2H3,(H,28,30). The van der Waals surface area contributed by atoms with Crippen LogP contribution in [0.5, 0.6) is 0 Å². The number of nitrogens with one attached hydrogen (secondary N) is 1. The topological polar surface area (TPSA) is 66.5 Å². The van der Waals surface area contributed by atoms with Gasteiger partial charge in [0.15, 0.2) is 0 Å². The molecule has 3 aromatic carbocycles. The van der Waals surface area contributed by atoms with E-state index in [0.717, 1.165) is 26.8 Å². The van der Waals surface area contributed by atoms with E-state index in [4.69, 9.17) is 0 Å². The average molecular weight is 495 g/mol. The number of para-hydroxylation sites is 1. The molecule has 1 heterocycles. The lowest BCUT2D eigenvalue weighted by atomic mass is 10.1. The fraction of sp³-hybridized carbons (Fsp3) is 0.115. The van der Waals surface area contributed by atoms with Gasteiger partial charge in [-0.25, -0.2) is 12.8 Å². The van der Waals surface area contributed by atoms with Gasteiger partial charge in [0.1, 0.15) is 15.6 Å². The van der Waals surface area contributed by atoms with Crippen molar-refractivity contribution in [1.29, 1.82) is 0 Å². The highest BCUT2D eigenvalue weighted by Crippen LogP contribution is 2.38. The Bertz CT molecular complexity index is 1420. The van der Waals surface area contributed by atoms with Crippen LogP contribution in [0.25, 0.3) is 11.1 Å². The first-order chi connectivity index (χ1) is 16.3. The highest BCUT2D eigenvalue weighted by molar-refractivity contribution is 7.93. The summed E-state index contributed by atoms with van der Waals surface area (Å²) in [5.41, 5.74) is 3.11. The lowest BCUT2D eigenvalue weighted by Crippen LogP contribution is -2.30. The largest absolute Gasteiger partial charge is 0.347 e. The minimum absolute atomic E-state index is 0.0501. The number of thiophene rings is 1. The number of aryl methyl sites for hydroxylation is 1. The van der Waals surface area contributed by atoms with Crippen LogP contribution in [0, 0.1) is 12.7 Å². The summed E-state index contributed by atoms with van der Waals surface area (Å²) < 4.78 is 42.6. The number of halogens is 1. The van der Waals surface area contributed by atoms with Gasteiger partial charge in [-0.15, -0.1) is 11.3 Å². The van der Waals surface area contributed by atoms with Crippen LogP contribution >= 0.6 is 11.3 Å². The maximum absolute atomic E-state index is 14.0. The molecule has 1 N–H and O–H groups in total. The molecule has 0 aliphatic rings. The minimum atomic E-state index is -4.14. The van der Waals surface area contributed by atoms with Crippen molar-refractivity contribution in [3.63, 3.8) is 0 Å². The van der Waals surface area contributed by atoms with Crippen LogP contribution in [0.15, 0.2) is 89.1 Å². The van der Waals surface area contributed by atoms with E-state index in [1.54, 1.807) is 41.8 Å². The van der Waals surface area contributed by atoms with Crippen molar-refractivity contribution >= 4 is 33.0 Å². The number of nitrogens with zero attached hydrogens (tertiary/aromatic N) is 1. The van der Waals surface area contributed by atoms with Crippen molar-refractivity contribution in [1.82, 2.24) is 5.32 Å². The lowest BCUT2D eigenvalue weighted by molar-refractivity contribution is 0.0952. The molecule has 34 heavy (non-hydrogen) atoms. The van der Waals surface area contributed by atoms with Crippen molar-refractivity contribution < 1.29 is 17.6 Å². The Labute approximate surface area is 202 Å². The fourth-order valence-electron chi connectivity index (χ4n) is 3.50. The molecule has 0 bridgehead atoms. The van der Waals surface area contributed by atoms with Gasteiger partial charge >= 0.3 is 0 Å². The van der Waals surface area contributed by atoms with Crippen LogP contribution in [0.4, 0.5) is 10.1 Å². The second-order valence-corrected chi connectivity index (χ2v) is 10.6. The third-order valence-corrected chi connectivity index (χ3v) is 8.38. The Morgan fingerprint density at radius 1 is 1.00 bits per heavy atom. The normalized spacial score (nSPS) is 11.3. The highest BCUT2D eigenvalue weighted by Gasteiger charge is 2.32. The molecule has 0 atom stereocenters. The number of anilines is 1. The monoisotopic (exact) mass is 494 g/mol. The van der Waals surface area contributed by atoms with Crippen molar-refractivity contribution in [2.24, 2.45) is 0 Å². The zero-order chi connectivity index (χ0) is 24.3. The SMILES string of the molecule is Cc1ccc(CNC(=O)c2scc(-c3cccc(F)c3)c2S(=O)(=O)N(C)c2ccccc2)cc1. The molecular weight excluding hydrogens is 471 g/mol. The van der Waals surface area contributed by atoms with Gasteiger partial charge in [-0.1, -0.05) is 60.2 Å². The summed E-state index contributed by atoms with van der Waals surface area (Å²) in [6.45, 7) is 2.22. The first-order valence-corrected chi connectivity index (χ1v) is 12.8. The van der Waals surface area contributed by atoms with Crippen molar-refractivity contribution in [3.8, 4) is 11.1 Å². The van der Waals surface area contributed by atoms with E-state index in [-0.39, 0.29) is 21.9 Å². The van der Waals surface area contributed by atoms with E-state index in [1.807, 2.05) is 31.2 Å². The lowest BCUT2D eigenvalue weighted by Gasteiger charge is -2.21. The molecule has 5 nitrogen and oxygen atoms in total. The van der Waals surface area contributed by atoms with Crippen molar-refractivity contribution in [3.05, 3.63) is 106 Å². The minimum Gasteiger partial charge on any atom is -0.347 e. The Kier molecular flexibility index (Phi) is 6.81. The quantitative estimate of drug-likeness (QED) is 0.363. The van der Waals surface area contributed by atoms with Gasteiger partial charge in [0.05, 0.1) is 5.69 Å². The third kappa shape index (κ3) is 4.88. The zero-order valence-corrected chi connectivity index (χ0v) is 20.3. The third-order valence-electron chi connectivity index (χ3n) is 5.40. The van der Waals surface area contributed by atoms with E-state index in [9.17, 15) is 17.6 Å². The van der Waals surface area contributed by atoms with Gasteiger partial charge in [0, 0.05) is 24.5 Å². The maximum atomic E-state index is 14.0. The number of hydrogen-bond acceptors (Lipinski definition) is 4. The summed E-state index contributed by atoms with van der Waals surface area (Å²) in [5.74, 6) is -0.998. The first kappa shape index (κ1) is 23.7. The van der Waals surface area contributed by atoms with Crippen molar-refractivity contribution in [2.75, 3.05) is 11.4 Å². The highest BCUT2D eigenvalue weighted by atomic mass is 32.2. The number of rotatable bonds is 7. The van der Waals surface area contributed by atoms with E-state index in [2.05, 4.69) is 5.32 Å². The molecule has 0 spiro atoms. The molecule has 4 rings (SSSR count). The second-order valence-electron chi connectivity index (χ2n) is 7.79.